The number of amides is 2. The number of allylic oxidation sites excluding steroid dienone is 1. The largest absolute Gasteiger partial charge is 0.465 e. The Morgan fingerprint density at radius 3 is 2.45 bits per heavy atom. The van der Waals surface area contributed by atoms with Crippen LogP contribution in [0.3, 0.4) is 0 Å². The second-order valence-electron chi connectivity index (χ2n) is 9.49. The molecule has 0 N–H and O–H groups in total. The number of carbonyl (C=O) groups excluding carboxylic acids is 4. The molecule has 2 aromatic rings. The first kappa shape index (κ1) is 31.5. The molecular formula is C27H36N4O7S2. The van der Waals surface area contributed by atoms with Crippen molar-refractivity contribution in [2.75, 3.05) is 26.5 Å². The Labute approximate surface area is 241 Å². The second-order valence-corrected chi connectivity index (χ2v) is 12.2. The molecule has 0 saturated heterocycles. The zero-order valence-corrected chi connectivity index (χ0v) is 24.9. The van der Waals surface area contributed by atoms with Crippen molar-refractivity contribution >= 4 is 56.9 Å². The molecule has 1 aromatic carbocycles. The maximum Gasteiger partial charge on any atom is 0.306 e. The molecule has 3 rings (SSSR count). The van der Waals surface area contributed by atoms with Crippen molar-refractivity contribution in [2.45, 2.75) is 70.9 Å². The predicted molar refractivity (Wildman–Crippen MR) is 153 cm³/mol. The standard InChI is InChI=1S/C27H36N4O7S2/c1-5-39-40-24(18(2)30(3)17-32)14-15-36-25(33)12-13-26(34)37-21-9-7-20(8-10-21)31(4)27(35)19-6-11-22-23(16-19)29-38-28-22/h6,11,16-17,20-21H,5,7-10,12-15H2,1-4H3/b24-18-/t20-,21-. The summed E-state index contributed by atoms with van der Waals surface area (Å²) >= 11 is 0. The molecule has 13 heteroatoms. The van der Waals surface area contributed by atoms with E-state index in [1.807, 2.05) is 13.8 Å². The summed E-state index contributed by atoms with van der Waals surface area (Å²) in [5.41, 5.74) is 2.45. The van der Waals surface area contributed by atoms with Crippen LogP contribution in [0.4, 0.5) is 0 Å². The van der Waals surface area contributed by atoms with Gasteiger partial charge in [0.1, 0.15) is 17.1 Å². The third-order valence-electron chi connectivity index (χ3n) is 6.80. The van der Waals surface area contributed by atoms with E-state index < -0.39 is 11.9 Å². The minimum atomic E-state index is -0.464. The Hall–Kier alpha value is -3.06. The van der Waals surface area contributed by atoms with Crippen molar-refractivity contribution in [3.8, 4) is 0 Å². The predicted octanol–water partition coefficient (Wildman–Crippen LogP) is 4.58. The van der Waals surface area contributed by atoms with Gasteiger partial charge in [0.2, 0.25) is 6.41 Å². The first-order chi connectivity index (χ1) is 19.2. The van der Waals surface area contributed by atoms with Crippen molar-refractivity contribution in [1.29, 1.82) is 0 Å². The summed E-state index contributed by atoms with van der Waals surface area (Å²) in [6.07, 6.45) is 3.59. The SMILES string of the molecule is CCSS/C(CCOC(=O)CCC(=O)O[C@H]1CC[C@H](N(C)C(=O)c2ccc3nonc3c2)CC1)=C(/C)N(C)C=O. The quantitative estimate of drug-likeness (QED) is 0.173. The summed E-state index contributed by atoms with van der Waals surface area (Å²) in [7, 11) is 6.68. The molecule has 2 amide bonds. The Bertz CT molecular complexity index is 1210. The maximum atomic E-state index is 13.0. The lowest BCUT2D eigenvalue weighted by molar-refractivity contribution is -0.155. The molecule has 0 spiro atoms. The zero-order chi connectivity index (χ0) is 29.1. The molecule has 1 heterocycles. The number of esters is 2. The fourth-order valence-corrected chi connectivity index (χ4v) is 6.39. The van der Waals surface area contributed by atoms with Gasteiger partial charge in [-0.3, -0.25) is 19.2 Å². The van der Waals surface area contributed by atoms with Gasteiger partial charge in [-0.05, 0) is 61.1 Å². The summed E-state index contributed by atoms with van der Waals surface area (Å²) in [6.45, 7) is 4.06. The highest BCUT2D eigenvalue weighted by Crippen LogP contribution is 2.34. The van der Waals surface area contributed by atoms with Crippen LogP contribution in [0.2, 0.25) is 0 Å². The number of aromatic nitrogens is 2. The van der Waals surface area contributed by atoms with Gasteiger partial charge in [0, 0.05) is 48.5 Å². The lowest BCUT2D eigenvalue weighted by Crippen LogP contribution is -2.41. The van der Waals surface area contributed by atoms with Crippen molar-refractivity contribution in [3.63, 3.8) is 0 Å². The van der Waals surface area contributed by atoms with E-state index in [-0.39, 0.29) is 37.5 Å². The molecule has 1 saturated carbocycles. The minimum absolute atomic E-state index is 0.0337. The third-order valence-corrected chi connectivity index (χ3v) is 9.52. The number of hydrogen-bond acceptors (Lipinski definition) is 11. The van der Waals surface area contributed by atoms with E-state index >= 15 is 0 Å². The van der Waals surface area contributed by atoms with Gasteiger partial charge in [-0.25, -0.2) is 4.63 Å². The summed E-state index contributed by atoms with van der Waals surface area (Å²) in [5.74, 6) is -0.100. The topological polar surface area (TPSA) is 132 Å². The van der Waals surface area contributed by atoms with E-state index in [2.05, 4.69) is 10.3 Å². The van der Waals surface area contributed by atoms with Gasteiger partial charge in [-0.15, -0.1) is 0 Å². The molecule has 0 bridgehead atoms. The highest BCUT2D eigenvalue weighted by molar-refractivity contribution is 8.78. The first-order valence-corrected chi connectivity index (χ1v) is 15.6. The molecule has 0 atom stereocenters. The summed E-state index contributed by atoms with van der Waals surface area (Å²) < 4.78 is 15.6. The number of nitrogens with zero attached hydrogens (tertiary/aromatic N) is 4. The molecule has 1 aliphatic rings. The third kappa shape index (κ3) is 8.98. The molecule has 0 unspecified atom stereocenters. The molecule has 11 nitrogen and oxygen atoms in total. The number of fused-ring (bicyclic) bond motifs is 1. The summed E-state index contributed by atoms with van der Waals surface area (Å²) in [5, 5.41) is 7.55. The van der Waals surface area contributed by atoms with Gasteiger partial charge in [-0.2, -0.15) is 0 Å². The highest BCUT2D eigenvalue weighted by Gasteiger charge is 2.29. The number of hydrogen-bond donors (Lipinski definition) is 0. The van der Waals surface area contributed by atoms with Crippen LogP contribution in [0.15, 0.2) is 33.4 Å². The van der Waals surface area contributed by atoms with E-state index in [4.69, 9.17) is 14.1 Å². The number of rotatable bonds is 14. The average molecular weight is 593 g/mol. The van der Waals surface area contributed by atoms with E-state index in [1.54, 1.807) is 58.8 Å². The Morgan fingerprint density at radius 2 is 1.75 bits per heavy atom. The van der Waals surface area contributed by atoms with E-state index in [9.17, 15) is 19.2 Å². The van der Waals surface area contributed by atoms with Crippen molar-refractivity contribution in [3.05, 3.63) is 34.4 Å². The number of ether oxygens (including phenoxy) is 2. The van der Waals surface area contributed by atoms with Gasteiger partial charge in [0.05, 0.1) is 19.4 Å². The average Bonchev–Trinajstić information content (AvgIpc) is 3.44. The summed E-state index contributed by atoms with van der Waals surface area (Å²) in [6, 6.07) is 5.11. The van der Waals surface area contributed by atoms with E-state index in [1.165, 1.54) is 4.90 Å². The molecule has 1 aliphatic carbocycles. The monoisotopic (exact) mass is 592 g/mol. The smallest absolute Gasteiger partial charge is 0.306 e. The van der Waals surface area contributed by atoms with Crippen molar-refractivity contribution in [1.82, 2.24) is 20.1 Å². The minimum Gasteiger partial charge on any atom is -0.465 e. The van der Waals surface area contributed by atoms with Crippen LogP contribution < -0.4 is 0 Å². The first-order valence-electron chi connectivity index (χ1n) is 13.2. The number of benzene rings is 1. The van der Waals surface area contributed by atoms with Crippen LogP contribution >= 0.6 is 21.6 Å². The van der Waals surface area contributed by atoms with Gasteiger partial charge in [0.25, 0.3) is 5.91 Å². The molecule has 1 aromatic heterocycles. The van der Waals surface area contributed by atoms with Gasteiger partial charge < -0.3 is 19.3 Å². The maximum absolute atomic E-state index is 13.0. The zero-order valence-electron chi connectivity index (χ0n) is 23.3. The molecule has 0 radical (unpaired) electrons. The Kier molecular flexibility index (Phi) is 12.3. The Morgan fingerprint density at radius 1 is 1.05 bits per heavy atom. The normalized spacial score (nSPS) is 17.6. The highest BCUT2D eigenvalue weighted by atomic mass is 33.1. The fraction of sp³-hybridized carbons (Fsp3) is 0.556. The van der Waals surface area contributed by atoms with Crippen molar-refractivity contribution < 1.29 is 33.3 Å². The number of carbonyl (C=O) groups is 4. The summed E-state index contributed by atoms with van der Waals surface area (Å²) in [4.78, 5) is 52.7. The van der Waals surface area contributed by atoms with Crippen LogP contribution in [0.25, 0.3) is 11.0 Å². The molecule has 0 aliphatic heterocycles. The van der Waals surface area contributed by atoms with Gasteiger partial charge in [-0.1, -0.05) is 28.5 Å². The molecular weight excluding hydrogens is 556 g/mol. The lowest BCUT2D eigenvalue weighted by atomic mass is 9.91. The van der Waals surface area contributed by atoms with Crippen LogP contribution in [0, 0.1) is 0 Å². The van der Waals surface area contributed by atoms with Gasteiger partial charge in [0.15, 0.2) is 0 Å². The Balaban J connectivity index is 1.36. The lowest BCUT2D eigenvalue weighted by Gasteiger charge is -2.34. The molecule has 218 valence electrons. The van der Waals surface area contributed by atoms with Crippen LogP contribution in [0.5, 0.6) is 0 Å². The van der Waals surface area contributed by atoms with E-state index in [0.29, 0.717) is 48.7 Å². The van der Waals surface area contributed by atoms with Crippen molar-refractivity contribution in [2.24, 2.45) is 0 Å². The second kappa shape index (κ2) is 15.7. The van der Waals surface area contributed by atoms with Crippen LogP contribution in [-0.2, 0) is 23.9 Å². The van der Waals surface area contributed by atoms with Crippen LogP contribution in [-0.4, -0.2) is 83.0 Å². The molecule has 1 fully saturated rings. The fourth-order valence-electron chi connectivity index (χ4n) is 4.30. The van der Waals surface area contributed by atoms with E-state index in [0.717, 1.165) is 22.8 Å². The molecule has 40 heavy (non-hydrogen) atoms. The van der Waals surface area contributed by atoms with Gasteiger partial charge >= 0.3 is 11.9 Å². The van der Waals surface area contributed by atoms with Crippen LogP contribution in [0.1, 0.15) is 69.2 Å².